The van der Waals surface area contributed by atoms with Crippen molar-refractivity contribution in [2.24, 2.45) is 27.9 Å². The molecule has 0 fully saturated rings. The standard InChI is InChI=1S/C24H48N8O4/c1-4-7-11-16(25)21(34)31-18(12-8-5-2)23(36)32-19(13-9-6-3)22(35)30-17(20(26)33)14-10-15-29-24(27)28/h16-19H,4-15,25H2,1-3H3,(H2,26,33)(H,30,35)(H,31,34)(H,32,36)(H4,27,28,29)/t16-,17-,18-,19-/m0/s1. The minimum Gasteiger partial charge on any atom is -0.370 e. The van der Waals surface area contributed by atoms with Crippen molar-refractivity contribution in [1.29, 1.82) is 0 Å². The Morgan fingerprint density at radius 3 is 1.50 bits per heavy atom. The summed E-state index contributed by atoms with van der Waals surface area (Å²) in [6.45, 7) is 6.25. The van der Waals surface area contributed by atoms with Crippen LogP contribution in [0.4, 0.5) is 0 Å². The van der Waals surface area contributed by atoms with Gasteiger partial charge < -0.3 is 38.9 Å². The van der Waals surface area contributed by atoms with E-state index in [0.717, 1.165) is 25.7 Å². The first-order chi connectivity index (χ1) is 17.1. The lowest BCUT2D eigenvalue weighted by Gasteiger charge is -2.25. The van der Waals surface area contributed by atoms with E-state index in [4.69, 9.17) is 22.9 Å². The molecule has 0 saturated carbocycles. The second-order valence-corrected chi connectivity index (χ2v) is 9.07. The summed E-state index contributed by atoms with van der Waals surface area (Å²) >= 11 is 0. The molecule has 0 radical (unpaired) electrons. The molecule has 4 atom stereocenters. The molecule has 0 heterocycles. The van der Waals surface area contributed by atoms with Crippen molar-refractivity contribution in [3.05, 3.63) is 0 Å². The molecule has 0 unspecified atom stereocenters. The molecule has 0 aliphatic rings. The smallest absolute Gasteiger partial charge is 0.243 e. The van der Waals surface area contributed by atoms with E-state index >= 15 is 0 Å². The van der Waals surface area contributed by atoms with E-state index in [9.17, 15) is 19.2 Å². The minimum absolute atomic E-state index is 0.0620. The maximum Gasteiger partial charge on any atom is 0.243 e. The molecule has 0 aromatic heterocycles. The van der Waals surface area contributed by atoms with Crippen molar-refractivity contribution >= 4 is 29.6 Å². The quantitative estimate of drug-likeness (QED) is 0.0664. The molecule has 12 nitrogen and oxygen atoms in total. The summed E-state index contributed by atoms with van der Waals surface area (Å²) in [5.74, 6) is -2.11. The number of hydrogen-bond acceptors (Lipinski definition) is 6. The molecule has 0 aliphatic heterocycles. The molecule has 0 aromatic rings. The number of primary amides is 1. The Labute approximate surface area is 215 Å². The molecule has 0 aliphatic carbocycles. The number of aliphatic imine (C=N–C) groups is 1. The molecule has 0 bridgehead atoms. The van der Waals surface area contributed by atoms with Gasteiger partial charge in [0.05, 0.1) is 6.04 Å². The molecule has 12 heteroatoms. The Morgan fingerprint density at radius 1 is 0.639 bits per heavy atom. The van der Waals surface area contributed by atoms with Gasteiger partial charge in [0, 0.05) is 6.54 Å². The van der Waals surface area contributed by atoms with Crippen LogP contribution in [0.15, 0.2) is 4.99 Å². The van der Waals surface area contributed by atoms with Crippen molar-refractivity contribution in [2.75, 3.05) is 6.54 Å². The number of amides is 4. The fourth-order valence-electron chi connectivity index (χ4n) is 3.52. The molecule has 11 N–H and O–H groups in total. The molecule has 0 aromatic carbocycles. The number of hydrogen-bond donors (Lipinski definition) is 7. The van der Waals surface area contributed by atoms with E-state index in [0.29, 0.717) is 38.5 Å². The summed E-state index contributed by atoms with van der Waals surface area (Å²) in [6, 6.07) is -3.32. The van der Waals surface area contributed by atoms with Crippen LogP contribution in [0.5, 0.6) is 0 Å². The highest BCUT2D eigenvalue weighted by molar-refractivity contribution is 5.94. The van der Waals surface area contributed by atoms with Crippen molar-refractivity contribution in [1.82, 2.24) is 16.0 Å². The molecular weight excluding hydrogens is 464 g/mol. The fourth-order valence-corrected chi connectivity index (χ4v) is 3.52. The third-order valence-corrected chi connectivity index (χ3v) is 5.77. The van der Waals surface area contributed by atoms with Crippen LogP contribution < -0.4 is 38.9 Å². The number of nitrogens with two attached hydrogens (primary N) is 4. The van der Waals surface area contributed by atoms with Crippen LogP contribution in [-0.2, 0) is 19.2 Å². The summed E-state index contributed by atoms with van der Waals surface area (Å²) in [6.07, 6.45) is 6.76. The van der Waals surface area contributed by atoms with Crippen molar-refractivity contribution < 1.29 is 19.2 Å². The first-order valence-electron chi connectivity index (χ1n) is 13.1. The zero-order valence-electron chi connectivity index (χ0n) is 22.2. The Morgan fingerprint density at radius 2 is 1.06 bits per heavy atom. The van der Waals surface area contributed by atoms with Crippen LogP contribution in [0.3, 0.4) is 0 Å². The number of carbonyl (C=O) groups is 4. The highest BCUT2D eigenvalue weighted by atomic mass is 16.2. The van der Waals surface area contributed by atoms with Crippen molar-refractivity contribution in [3.8, 4) is 0 Å². The van der Waals surface area contributed by atoms with Gasteiger partial charge in [-0.05, 0) is 32.1 Å². The van der Waals surface area contributed by atoms with Gasteiger partial charge in [-0.25, -0.2) is 0 Å². The van der Waals surface area contributed by atoms with Gasteiger partial charge in [0.1, 0.15) is 18.1 Å². The summed E-state index contributed by atoms with van der Waals surface area (Å²) < 4.78 is 0. The maximum atomic E-state index is 13.1. The summed E-state index contributed by atoms with van der Waals surface area (Å²) in [4.78, 5) is 54.4. The van der Waals surface area contributed by atoms with Crippen LogP contribution in [0.2, 0.25) is 0 Å². The minimum atomic E-state index is -0.931. The average Bonchev–Trinajstić information content (AvgIpc) is 2.83. The van der Waals surface area contributed by atoms with E-state index in [1.165, 1.54) is 0 Å². The van der Waals surface area contributed by atoms with Gasteiger partial charge in [-0.3, -0.25) is 24.2 Å². The lowest BCUT2D eigenvalue weighted by Crippen LogP contribution is -2.57. The van der Waals surface area contributed by atoms with E-state index < -0.39 is 41.9 Å². The van der Waals surface area contributed by atoms with Gasteiger partial charge in [-0.15, -0.1) is 0 Å². The summed E-state index contributed by atoms with van der Waals surface area (Å²) in [7, 11) is 0. The predicted octanol–water partition coefficient (Wildman–Crippen LogP) is -0.122. The first kappa shape index (κ1) is 33.1. The first-order valence-corrected chi connectivity index (χ1v) is 13.1. The van der Waals surface area contributed by atoms with Crippen LogP contribution >= 0.6 is 0 Å². The second-order valence-electron chi connectivity index (χ2n) is 9.07. The van der Waals surface area contributed by atoms with Gasteiger partial charge >= 0.3 is 0 Å². The molecule has 4 amide bonds. The maximum absolute atomic E-state index is 13.1. The van der Waals surface area contributed by atoms with Crippen LogP contribution in [-0.4, -0.2) is 60.3 Å². The monoisotopic (exact) mass is 512 g/mol. The van der Waals surface area contributed by atoms with Gasteiger partial charge in [0.15, 0.2) is 5.96 Å². The Hall–Kier alpha value is -2.89. The fraction of sp³-hybridized carbons (Fsp3) is 0.792. The summed E-state index contributed by atoms with van der Waals surface area (Å²) in [5.41, 5.74) is 22.0. The van der Waals surface area contributed by atoms with E-state index in [1.54, 1.807) is 0 Å². The number of rotatable bonds is 20. The van der Waals surface area contributed by atoms with Gasteiger partial charge in [-0.1, -0.05) is 59.3 Å². The zero-order chi connectivity index (χ0) is 27.5. The van der Waals surface area contributed by atoms with Gasteiger partial charge in [0.2, 0.25) is 23.6 Å². The normalized spacial score (nSPS) is 14.1. The van der Waals surface area contributed by atoms with Gasteiger partial charge in [0.25, 0.3) is 0 Å². The van der Waals surface area contributed by atoms with Gasteiger partial charge in [-0.2, -0.15) is 0 Å². The Bertz CT molecular complexity index is 712. The molecular formula is C24H48N8O4. The number of nitrogens with one attached hydrogen (secondary N) is 3. The zero-order valence-corrected chi connectivity index (χ0v) is 22.2. The highest BCUT2D eigenvalue weighted by Crippen LogP contribution is 2.08. The number of guanidine groups is 1. The van der Waals surface area contributed by atoms with Crippen molar-refractivity contribution in [2.45, 2.75) is 116 Å². The molecule has 208 valence electrons. The SMILES string of the molecule is CCCC[C@H](NC(=O)[C@H](CCCC)NC(=O)[C@@H](N)CCCC)C(=O)N[C@@H](CCCN=C(N)N)C(N)=O. The number of nitrogens with zero attached hydrogens (tertiary/aromatic N) is 1. The third-order valence-electron chi connectivity index (χ3n) is 5.77. The molecule has 0 rings (SSSR count). The van der Waals surface area contributed by atoms with E-state index in [1.807, 2.05) is 20.8 Å². The van der Waals surface area contributed by atoms with E-state index in [-0.39, 0.29) is 24.8 Å². The van der Waals surface area contributed by atoms with Crippen LogP contribution in [0.1, 0.15) is 91.4 Å². The second kappa shape index (κ2) is 19.3. The number of carbonyl (C=O) groups excluding carboxylic acids is 4. The lowest BCUT2D eigenvalue weighted by atomic mass is 10.0. The van der Waals surface area contributed by atoms with Crippen molar-refractivity contribution in [3.63, 3.8) is 0 Å². The Balaban J connectivity index is 5.35. The predicted molar refractivity (Wildman–Crippen MR) is 141 cm³/mol. The molecule has 0 saturated heterocycles. The lowest BCUT2D eigenvalue weighted by molar-refractivity contribution is -0.133. The molecule has 36 heavy (non-hydrogen) atoms. The topological polar surface area (TPSA) is 221 Å². The molecule has 0 spiro atoms. The van der Waals surface area contributed by atoms with Crippen LogP contribution in [0.25, 0.3) is 0 Å². The Kier molecular flexibility index (Phi) is 17.8. The third kappa shape index (κ3) is 14.5. The summed E-state index contributed by atoms with van der Waals surface area (Å²) in [5, 5.41) is 8.15. The van der Waals surface area contributed by atoms with Crippen LogP contribution in [0, 0.1) is 0 Å². The average molecular weight is 513 g/mol. The number of unbranched alkanes of at least 4 members (excludes halogenated alkanes) is 3. The largest absolute Gasteiger partial charge is 0.370 e. The highest BCUT2D eigenvalue weighted by Gasteiger charge is 2.29. The van der Waals surface area contributed by atoms with E-state index in [2.05, 4.69) is 20.9 Å².